The van der Waals surface area contributed by atoms with Crippen molar-refractivity contribution >= 4 is 21.8 Å². The number of piperidine rings is 2. The number of hydrogen-bond donors (Lipinski definition) is 2. The van der Waals surface area contributed by atoms with Crippen LogP contribution in [-0.2, 0) is 17.8 Å². The Bertz CT molecular complexity index is 1280. The van der Waals surface area contributed by atoms with E-state index in [-0.39, 0.29) is 24.5 Å². The highest BCUT2D eigenvalue weighted by Crippen LogP contribution is 2.38. The summed E-state index contributed by atoms with van der Waals surface area (Å²) in [6, 6.07) is 15.9. The number of furan rings is 1. The molecule has 0 aliphatic carbocycles. The van der Waals surface area contributed by atoms with Crippen LogP contribution in [0, 0.1) is 0 Å². The number of rotatable bonds is 10. The molecule has 3 aromatic rings. The highest BCUT2D eigenvalue weighted by molar-refractivity contribution is 9.10. The van der Waals surface area contributed by atoms with Crippen LogP contribution in [0.5, 0.6) is 17.2 Å². The summed E-state index contributed by atoms with van der Waals surface area (Å²) in [5.74, 6) is 3.40. The predicted molar refractivity (Wildman–Crippen MR) is 158 cm³/mol. The zero-order chi connectivity index (χ0) is 27.9. The molecule has 2 aliphatic rings. The molecule has 2 saturated heterocycles. The maximum atomic E-state index is 12.8. The topological polar surface area (TPSA) is 85.2 Å². The molecule has 2 aliphatic heterocycles. The molecule has 0 atom stereocenters. The Hall–Kier alpha value is -3.01. The van der Waals surface area contributed by atoms with Crippen molar-refractivity contribution in [2.45, 2.75) is 50.8 Å². The second kappa shape index (κ2) is 13.6. The number of para-hydroxylation sites is 1. The van der Waals surface area contributed by atoms with Gasteiger partial charge in [-0.15, -0.1) is 0 Å². The van der Waals surface area contributed by atoms with Gasteiger partial charge in [0.2, 0.25) is 5.91 Å². The van der Waals surface area contributed by atoms with Crippen LogP contribution < -0.4 is 24.8 Å². The lowest BCUT2D eigenvalue weighted by Gasteiger charge is -2.32. The Morgan fingerprint density at radius 1 is 1.02 bits per heavy atom. The maximum absolute atomic E-state index is 12.8. The number of nitrogens with one attached hydrogen (secondary N) is 2. The molecule has 2 N–H and O–H groups in total. The fraction of sp³-hybridized carbons (Fsp3) is 0.452. The van der Waals surface area contributed by atoms with Crippen LogP contribution in [0.25, 0.3) is 11.3 Å². The SMILES string of the molecule is COc1cccc(-c2ccc(CC(=O)NC3CCN(Cc4ccc(OC5CCNCC5)c(Br)c4)CC3)o2)c1OC. The van der Waals surface area contributed by atoms with Gasteiger partial charge >= 0.3 is 0 Å². The molecule has 40 heavy (non-hydrogen) atoms. The standard InChI is InChI=1S/C31H38BrN3O5/c1-37-29-5-3-4-25(31(29)38-2)27-9-7-24(40-27)19-30(36)34-22-12-16-35(17-13-22)20-21-6-8-28(26(32)18-21)39-23-10-14-33-15-11-23/h3-9,18,22-23,33H,10-17,19-20H2,1-2H3,(H,34,36). The minimum Gasteiger partial charge on any atom is -0.493 e. The van der Waals surface area contributed by atoms with E-state index in [9.17, 15) is 4.79 Å². The van der Waals surface area contributed by atoms with Crippen molar-refractivity contribution in [1.82, 2.24) is 15.5 Å². The summed E-state index contributed by atoms with van der Waals surface area (Å²) in [5.41, 5.74) is 2.05. The summed E-state index contributed by atoms with van der Waals surface area (Å²) in [7, 11) is 3.21. The van der Waals surface area contributed by atoms with Crippen LogP contribution in [0.15, 0.2) is 57.4 Å². The van der Waals surface area contributed by atoms with E-state index in [4.69, 9.17) is 18.6 Å². The normalized spacial score (nSPS) is 17.0. The first kappa shape index (κ1) is 28.5. The first-order chi connectivity index (χ1) is 19.5. The van der Waals surface area contributed by atoms with Gasteiger partial charge < -0.3 is 29.3 Å². The van der Waals surface area contributed by atoms with Crippen molar-refractivity contribution in [2.75, 3.05) is 40.4 Å². The summed E-state index contributed by atoms with van der Waals surface area (Å²) >= 11 is 3.70. The van der Waals surface area contributed by atoms with Crippen molar-refractivity contribution in [2.24, 2.45) is 0 Å². The van der Waals surface area contributed by atoms with E-state index >= 15 is 0 Å². The number of hydrogen-bond acceptors (Lipinski definition) is 7. The van der Waals surface area contributed by atoms with E-state index in [0.29, 0.717) is 23.0 Å². The minimum atomic E-state index is -0.0229. The van der Waals surface area contributed by atoms with Gasteiger partial charge in [-0.1, -0.05) is 12.1 Å². The summed E-state index contributed by atoms with van der Waals surface area (Å²) in [5, 5.41) is 6.57. The number of carbonyl (C=O) groups excluding carboxylic acids is 1. The molecule has 1 amide bonds. The van der Waals surface area contributed by atoms with Gasteiger partial charge in [0.25, 0.3) is 0 Å². The lowest BCUT2D eigenvalue weighted by Crippen LogP contribution is -2.44. The first-order valence-corrected chi connectivity index (χ1v) is 14.8. The Balaban J connectivity index is 1.08. The zero-order valence-electron chi connectivity index (χ0n) is 23.2. The van der Waals surface area contributed by atoms with Gasteiger partial charge in [-0.2, -0.15) is 0 Å². The third kappa shape index (κ3) is 7.19. The fourth-order valence-electron chi connectivity index (χ4n) is 5.46. The van der Waals surface area contributed by atoms with E-state index in [1.165, 1.54) is 5.56 Å². The van der Waals surface area contributed by atoms with Crippen molar-refractivity contribution in [3.05, 3.63) is 64.3 Å². The van der Waals surface area contributed by atoms with E-state index in [0.717, 1.165) is 74.2 Å². The lowest BCUT2D eigenvalue weighted by atomic mass is 10.0. The number of methoxy groups -OCH3 is 2. The van der Waals surface area contributed by atoms with Gasteiger partial charge in [-0.05, 0) is 96.7 Å². The van der Waals surface area contributed by atoms with Crippen molar-refractivity contribution in [1.29, 1.82) is 0 Å². The zero-order valence-corrected chi connectivity index (χ0v) is 24.8. The molecule has 5 rings (SSSR count). The fourth-order valence-corrected chi connectivity index (χ4v) is 5.98. The molecule has 0 radical (unpaired) electrons. The van der Waals surface area contributed by atoms with Gasteiger partial charge in [0.15, 0.2) is 11.5 Å². The van der Waals surface area contributed by atoms with Crippen molar-refractivity contribution in [3.8, 4) is 28.6 Å². The second-order valence-corrected chi connectivity index (χ2v) is 11.3. The summed E-state index contributed by atoms with van der Waals surface area (Å²) < 4.78 is 24.1. The molecule has 0 bridgehead atoms. The van der Waals surface area contributed by atoms with Gasteiger partial charge in [0.05, 0.1) is 30.7 Å². The summed E-state index contributed by atoms with van der Waals surface area (Å²) in [6.45, 7) is 4.80. The third-order valence-electron chi connectivity index (χ3n) is 7.60. The highest BCUT2D eigenvalue weighted by atomic mass is 79.9. The number of halogens is 1. The molecule has 0 saturated carbocycles. The molecule has 214 valence electrons. The van der Waals surface area contributed by atoms with Gasteiger partial charge in [-0.25, -0.2) is 0 Å². The molecule has 0 unspecified atom stereocenters. The number of nitrogens with zero attached hydrogens (tertiary/aromatic N) is 1. The predicted octanol–water partition coefficient (Wildman–Crippen LogP) is 5.18. The van der Waals surface area contributed by atoms with Crippen molar-refractivity contribution < 1.29 is 23.4 Å². The maximum Gasteiger partial charge on any atom is 0.227 e. The van der Waals surface area contributed by atoms with E-state index in [1.54, 1.807) is 14.2 Å². The highest BCUT2D eigenvalue weighted by Gasteiger charge is 2.22. The summed E-state index contributed by atoms with van der Waals surface area (Å²) in [6.07, 6.45) is 4.42. The van der Waals surface area contributed by atoms with Gasteiger partial charge in [0, 0.05) is 25.7 Å². The Morgan fingerprint density at radius 3 is 2.55 bits per heavy atom. The van der Waals surface area contributed by atoms with Crippen LogP contribution in [0.1, 0.15) is 37.0 Å². The molecule has 2 fully saturated rings. The Morgan fingerprint density at radius 2 is 1.82 bits per heavy atom. The minimum absolute atomic E-state index is 0.0229. The van der Waals surface area contributed by atoms with Crippen LogP contribution in [0.3, 0.4) is 0 Å². The van der Waals surface area contributed by atoms with Crippen LogP contribution in [0.2, 0.25) is 0 Å². The van der Waals surface area contributed by atoms with Crippen LogP contribution in [-0.4, -0.2) is 63.4 Å². The Kier molecular flexibility index (Phi) is 9.67. The number of benzene rings is 2. The largest absolute Gasteiger partial charge is 0.493 e. The van der Waals surface area contributed by atoms with E-state index < -0.39 is 0 Å². The van der Waals surface area contributed by atoms with Crippen LogP contribution in [0.4, 0.5) is 0 Å². The Labute approximate surface area is 244 Å². The quantitative estimate of drug-likeness (QED) is 0.327. The van der Waals surface area contributed by atoms with Gasteiger partial charge in [-0.3, -0.25) is 9.69 Å². The average molecular weight is 613 g/mol. The first-order valence-electron chi connectivity index (χ1n) is 14.0. The smallest absolute Gasteiger partial charge is 0.227 e. The average Bonchev–Trinajstić information content (AvgIpc) is 3.43. The van der Waals surface area contributed by atoms with E-state index in [1.807, 2.05) is 30.3 Å². The molecule has 2 aromatic carbocycles. The number of ether oxygens (including phenoxy) is 3. The van der Waals surface area contributed by atoms with Crippen molar-refractivity contribution in [3.63, 3.8) is 0 Å². The van der Waals surface area contributed by atoms with Gasteiger partial charge in [0.1, 0.15) is 23.4 Å². The third-order valence-corrected chi connectivity index (χ3v) is 8.22. The number of carbonyl (C=O) groups is 1. The second-order valence-electron chi connectivity index (χ2n) is 10.4. The molecule has 9 heteroatoms. The van der Waals surface area contributed by atoms with Crippen LogP contribution >= 0.6 is 15.9 Å². The summed E-state index contributed by atoms with van der Waals surface area (Å²) in [4.78, 5) is 15.2. The molecule has 1 aromatic heterocycles. The molecule has 0 spiro atoms. The lowest BCUT2D eigenvalue weighted by molar-refractivity contribution is -0.121. The molecular formula is C31H38BrN3O5. The molecule has 3 heterocycles. The number of likely N-dealkylation sites (tertiary alicyclic amines) is 1. The van der Waals surface area contributed by atoms with E-state index in [2.05, 4.69) is 49.7 Å². The molecule has 8 nitrogen and oxygen atoms in total. The number of amides is 1. The monoisotopic (exact) mass is 611 g/mol. The molecular weight excluding hydrogens is 574 g/mol.